The van der Waals surface area contributed by atoms with Gasteiger partial charge in [0.1, 0.15) is 5.82 Å². The van der Waals surface area contributed by atoms with Crippen molar-refractivity contribution in [2.24, 2.45) is 0 Å². The highest BCUT2D eigenvalue weighted by molar-refractivity contribution is 5.55. The van der Waals surface area contributed by atoms with E-state index in [1.807, 2.05) is 19.2 Å². The Morgan fingerprint density at radius 2 is 2.04 bits per heavy atom. The van der Waals surface area contributed by atoms with Gasteiger partial charge in [-0.2, -0.15) is 4.98 Å². The summed E-state index contributed by atoms with van der Waals surface area (Å²) < 4.78 is 5.60. The number of rotatable bonds is 5. The van der Waals surface area contributed by atoms with Crippen molar-refractivity contribution in [1.82, 2.24) is 20.0 Å². The Bertz CT molecular complexity index is 857. The Morgan fingerprint density at radius 1 is 1.19 bits per heavy atom. The van der Waals surface area contributed by atoms with Gasteiger partial charge in [-0.1, -0.05) is 35.0 Å². The van der Waals surface area contributed by atoms with Crippen molar-refractivity contribution in [2.45, 2.75) is 32.4 Å². The van der Waals surface area contributed by atoms with E-state index >= 15 is 0 Å². The predicted molar refractivity (Wildman–Crippen MR) is 101 cm³/mol. The van der Waals surface area contributed by atoms with Gasteiger partial charge in [-0.05, 0) is 44.0 Å². The molecule has 0 saturated carbocycles. The molecule has 1 atom stereocenters. The number of aryl methyl sites for hydroxylation is 1. The van der Waals surface area contributed by atoms with Gasteiger partial charge in [0.15, 0.2) is 0 Å². The average Bonchev–Trinajstić information content (AvgIpc) is 3.33. The second-order valence-electron chi connectivity index (χ2n) is 6.75. The Kier molecular flexibility index (Phi) is 4.67. The Labute approximate surface area is 153 Å². The van der Waals surface area contributed by atoms with Crippen LogP contribution in [0.2, 0.25) is 0 Å². The highest BCUT2D eigenvalue weighted by atomic mass is 16.5. The van der Waals surface area contributed by atoms with Crippen molar-refractivity contribution in [3.63, 3.8) is 0 Å². The predicted octanol–water partition coefficient (Wildman–Crippen LogP) is 3.82. The van der Waals surface area contributed by atoms with Gasteiger partial charge in [-0.15, -0.1) is 0 Å². The van der Waals surface area contributed by atoms with Gasteiger partial charge in [0.05, 0.1) is 6.04 Å². The number of likely N-dealkylation sites (tertiary alicyclic amines) is 1. The van der Waals surface area contributed by atoms with Crippen LogP contribution in [-0.4, -0.2) is 33.6 Å². The van der Waals surface area contributed by atoms with E-state index in [0.717, 1.165) is 37.3 Å². The molecule has 1 aliphatic heterocycles. The molecular weight excluding hydrogens is 326 g/mol. The van der Waals surface area contributed by atoms with Gasteiger partial charge >= 0.3 is 0 Å². The molecule has 1 aliphatic rings. The highest BCUT2D eigenvalue weighted by Crippen LogP contribution is 2.33. The van der Waals surface area contributed by atoms with Crippen LogP contribution < -0.4 is 5.32 Å². The molecule has 1 saturated heterocycles. The van der Waals surface area contributed by atoms with E-state index in [0.29, 0.717) is 11.7 Å². The minimum Gasteiger partial charge on any atom is -0.373 e. The molecule has 0 amide bonds. The van der Waals surface area contributed by atoms with Gasteiger partial charge in [0.2, 0.25) is 11.7 Å². The van der Waals surface area contributed by atoms with E-state index in [-0.39, 0.29) is 6.04 Å². The molecule has 1 aromatic carbocycles. The summed E-state index contributed by atoms with van der Waals surface area (Å²) in [6, 6.07) is 12.7. The van der Waals surface area contributed by atoms with Crippen LogP contribution in [0.5, 0.6) is 0 Å². The van der Waals surface area contributed by atoms with Gasteiger partial charge in [0, 0.05) is 25.4 Å². The van der Waals surface area contributed by atoms with Gasteiger partial charge in [-0.25, -0.2) is 4.98 Å². The van der Waals surface area contributed by atoms with Crippen molar-refractivity contribution in [2.75, 3.05) is 18.9 Å². The largest absolute Gasteiger partial charge is 0.373 e. The van der Waals surface area contributed by atoms with Crippen LogP contribution in [0, 0.1) is 6.92 Å². The fraction of sp³-hybridized carbons (Fsp3) is 0.350. The number of pyridine rings is 1. The van der Waals surface area contributed by atoms with Crippen LogP contribution in [0.15, 0.2) is 47.1 Å². The standard InChI is InChI=1S/C20H23N5O/c1-14-5-7-15(8-6-14)13-25-11-3-4-17(25)20-23-19(24-26-20)16-9-10-18(21-2)22-12-16/h5-10,12,17H,3-4,11,13H2,1-2H3,(H,21,22)/t17-/m0/s1. The molecule has 3 heterocycles. The van der Waals surface area contributed by atoms with Crippen LogP contribution in [0.4, 0.5) is 5.82 Å². The van der Waals surface area contributed by atoms with Crippen molar-refractivity contribution < 1.29 is 4.52 Å². The Balaban J connectivity index is 1.51. The lowest BCUT2D eigenvalue weighted by atomic mass is 10.1. The molecule has 1 fully saturated rings. The lowest BCUT2D eigenvalue weighted by Crippen LogP contribution is -2.23. The Hall–Kier alpha value is -2.73. The molecule has 0 unspecified atom stereocenters. The third kappa shape index (κ3) is 3.46. The van der Waals surface area contributed by atoms with E-state index in [9.17, 15) is 0 Å². The quantitative estimate of drug-likeness (QED) is 0.755. The molecule has 0 bridgehead atoms. The van der Waals surface area contributed by atoms with E-state index < -0.39 is 0 Å². The third-order valence-corrected chi connectivity index (χ3v) is 4.87. The molecule has 134 valence electrons. The molecule has 2 aromatic heterocycles. The minimum absolute atomic E-state index is 0.182. The van der Waals surface area contributed by atoms with Crippen molar-refractivity contribution in [3.8, 4) is 11.4 Å². The zero-order valence-electron chi connectivity index (χ0n) is 15.1. The zero-order chi connectivity index (χ0) is 17.9. The first kappa shape index (κ1) is 16.7. The van der Waals surface area contributed by atoms with E-state index in [4.69, 9.17) is 4.52 Å². The molecule has 1 N–H and O–H groups in total. The van der Waals surface area contributed by atoms with Gasteiger partial charge in [-0.3, -0.25) is 4.90 Å². The number of hydrogen-bond donors (Lipinski definition) is 1. The number of anilines is 1. The lowest BCUT2D eigenvalue weighted by molar-refractivity contribution is 0.201. The molecular formula is C20H23N5O. The summed E-state index contributed by atoms with van der Waals surface area (Å²) in [5, 5.41) is 7.17. The molecule has 26 heavy (non-hydrogen) atoms. The normalized spacial score (nSPS) is 17.5. The summed E-state index contributed by atoms with van der Waals surface area (Å²) in [4.78, 5) is 11.4. The number of benzene rings is 1. The smallest absolute Gasteiger partial charge is 0.244 e. The molecule has 4 rings (SSSR count). The van der Waals surface area contributed by atoms with Gasteiger partial charge in [0.25, 0.3) is 0 Å². The van der Waals surface area contributed by atoms with Crippen LogP contribution in [0.3, 0.4) is 0 Å². The average molecular weight is 349 g/mol. The number of nitrogens with zero attached hydrogens (tertiary/aromatic N) is 4. The molecule has 0 spiro atoms. The number of hydrogen-bond acceptors (Lipinski definition) is 6. The molecule has 3 aromatic rings. The van der Waals surface area contributed by atoms with Crippen LogP contribution in [0.25, 0.3) is 11.4 Å². The Morgan fingerprint density at radius 3 is 2.77 bits per heavy atom. The highest BCUT2D eigenvalue weighted by Gasteiger charge is 2.30. The van der Waals surface area contributed by atoms with Crippen LogP contribution >= 0.6 is 0 Å². The monoisotopic (exact) mass is 349 g/mol. The molecule has 6 heteroatoms. The summed E-state index contributed by atoms with van der Waals surface area (Å²) in [6.07, 6.45) is 3.95. The van der Waals surface area contributed by atoms with Crippen molar-refractivity contribution >= 4 is 5.82 Å². The number of aromatic nitrogens is 3. The van der Waals surface area contributed by atoms with E-state index in [1.165, 1.54) is 11.1 Å². The van der Waals surface area contributed by atoms with Gasteiger partial charge < -0.3 is 9.84 Å². The molecule has 0 radical (unpaired) electrons. The van der Waals surface area contributed by atoms with E-state index in [1.54, 1.807) is 6.20 Å². The lowest BCUT2D eigenvalue weighted by Gasteiger charge is -2.21. The fourth-order valence-electron chi connectivity index (χ4n) is 3.38. The third-order valence-electron chi connectivity index (χ3n) is 4.87. The first-order valence-electron chi connectivity index (χ1n) is 9.00. The van der Waals surface area contributed by atoms with Crippen molar-refractivity contribution in [3.05, 3.63) is 59.6 Å². The maximum Gasteiger partial charge on any atom is 0.244 e. The maximum atomic E-state index is 5.60. The number of nitrogens with one attached hydrogen (secondary N) is 1. The van der Waals surface area contributed by atoms with Crippen LogP contribution in [-0.2, 0) is 6.54 Å². The second-order valence-corrected chi connectivity index (χ2v) is 6.75. The first-order chi connectivity index (χ1) is 12.7. The summed E-state index contributed by atoms with van der Waals surface area (Å²) in [5.74, 6) is 2.11. The fourth-order valence-corrected chi connectivity index (χ4v) is 3.38. The topological polar surface area (TPSA) is 67.1 Å². The van der Waals surface area contributed by atoms with Crippen molar-refractivity contribution in [1.29, 1.82) is 0 Å². The minimum atomic E-state index is 0.182. The SMILES string of the molecule is CNc1ccc(-c2noc([C@@H]3CCCN3Cc3ccc(C)cc3)n2)cn1. The second kappa shape index (κ2) is 7.25. The summed E-state index contributed by atoms with van der Waals surface area (Å²) in [5.41, 5.74) is 3.46. The summed E-state index contributed by atoms with van der Waals surface area (Å²) in [6.45, 7) is 4.07. The molecule has 0 aliphatic carbocycles. The maximum absolute atomic E-state index is 5.60. The molecule has 6 nitrogen and oxygen atoms in total. The summed E-state index contributed by atoms with van der Waals surface area (Å²) >= 11 is 0. The summed E-state index contributed by atoms with van der Waals surface area (Å²) in [7, 11) is 1.84. The zero-order valence-corrected chi connectivity index (χ0v) is 15.1. The van der Waals surface area contributed by atoms with E-state index in [2.05, 4.69) is 56.5 Å². The van der Waals surface area contributed by atoms with Crippen LogP contribution in [0.1, 0.15) is 35.9 Å². The first-order valence-corrected chi connectivity index (χ1v) is 9.00.